The highest BCUT2D eigenvalue weighted by Gasteiger charge is 2.39. The molecule has 0 saturated carbocycles. The standard InChI is InChI=1S/C7H12NO6P/c9-5(3-15(12,13)14)4-1-2-8-6(4)7(10)11/h4,6,8H,1-3H2,(H,10,11)(H2,12,13,14)/t4-,6+/m1/s1. The Labute approximate surface area is 85.6 Å². The molecule has 1 aliphatic rings. The van der Waals surface area contributed by atoms with Gasteiger partial charge in [0, 0.05) is 5.92 Å². The van der Waals surface area contributed by atoms with Crippen LogP contribution in [0.15, 0.2) is 0 Å². The second kappa shape index (κ2) is 4.40. The summed E-state index contributed by atoms with van der Waals surface area (Å²) in [4.78, 5) is 39.2. The Morgan fingerprint density at radius 2 is 2.00 bits per heavy atom. The van der Waals surface area contributed by atoms with Gasteiger partial charge >= 0.3 is 13.6 Å². The van der Waals surface area contributed by atoms with Crippen molar-refractivity contribution in [1.82, 2.24) is 5.32 Å². The molecule has 0 aromatic carbocycles. The molecule has 15 heavy (non-hydrogen) atoms. The molecule has 0 spiro atoms. The molecule has 1 heterocycles. The van der Waals surface area contributed by atoms with Crippen LogP contribution in [0.3, 0.4) is 0 Å². The number of carboxylic acid groups (broad SMARTS) is 1. The van der Waals surface area contributed by atoms with Crippen molar-refractivity contribution in [3.63, 3.8) is 0 Å². The molecule has 1 rings (SSSR count). The van der Waals surface area contributed by atoms with E-state index in [2.05, 4.69) is 5.32 Å². The summed E-state index contributed by atoms with van der Waals surface area (Å²) in [6.45, 7) is 0.370. The first-order chi connectivity index (χ1) is 6.81. The zero-order chi connectivity index (χ0) is 11.6. The number of nitrogens with one attached hydrogen (secondary N) is 1. The molecule has 0 aliphatic carbocycles. The molecule has 4 N–H and O–H groups in total. The molecule has 2 atom stereocenters. The van der Waals surface area contributed by atoms with Crippen molar-refractivity contribution in [2.24, 2.45) is 5.92 Å². The molecule has 0 radical (unpaired) electrons. The lowest BCUT2D eigenvalue weighted by molar-refractivity contribution is -0.142. The fourth-order valence-electron chi connectivity index (χ4n) is 1.63. The number of carbonyl (C=O) groups excluding carboxylic acids is 1. The Bertz CT molecular complexity index is 323. The summed E-state index contributed by atoms with van der Waals surface area (Å²) in [5.74, 6) is -2.70. The molecule has 0 amide bonds. The third kappa shape index (κ3) is 3.39. The molecule has 1 aliphatic heterocycles. The summed E-state index contributed by atoms with van der Waals surface area (Å²) in [6, 6.07) is -1.02. The van der Waals surface area contributed by atoms with Crippen molar-refractivity contribution in [3.8, 4) is 0 Å². The Hall–Kier alpha value is -0.750. The normalized spacial score (nSPS) is 26.5. The lowest BCUT2D eigenvalue weighted by Gasteiger charge is -2.14. The predicted molar refractivity (Wildman–Crippen MR) is 49.5 cm³/mol. The van der Waals surface area contributed by atoms with E-state index >= 15 is 0 Å². The summed E-state index contributed by atoms with van der Waals surface area (Å²) in [5, 5.41) is 11.3. The van der Waals surface area contributed by atoms with E-state index in [-0.39, 0.29) is 0 Å². The highest BCUT2D eigenvalue weighted by Crippen LogP contribution is 2.36. The molecule has 0 aromatic heterocycles. The second-order valence-corrected chi connectivity index (χ2v) is 5.10. The molecule has 1 saturated heterocycles. The Morgan fingerprint density at radius 3 is 2.47 bits per heavy atom. The monoisotopic (exact) mass is 237 g/mol. The van der Waals surface area contributed by atoms with Gasteiger partial charge in [0.2, 0.25) is 0 Å². The lowest BCUT2D eigenvalue weighted by Crippen LogP contribution is -2.39. The second-order valence-electron chi connectivity index (χ2n) is 3.45. The average Bonchev–Trinajstić information content (AvgIpc) is 2.47. The van der Waals surface area contributed by atoms with Gasteiger partial charge in [0.05, 0.1) is 0 Å². The molecule has 0 bridgehead atoms. The third-order valence-corrected chi connectivity index (χ3v) is 2.99. The molecular weight excluding hydrogens is 225 g/mol. The van der Waals surface area contributed by atoms with E-state index in [1.165, 1.54) is 0 Å². The van der Waals surface area contributed by atoms with Gasteiger partial charge in [0.25, 0.3) is 0 Å². The quantitative estimate of drug-likeness (QED) is 0.452. The number of hydrogen-bond acceptors (Lipinski definition) is 4. The number of rotatable bonds is 4. The summed E-state index contributed by atoms with van der Waals surface area (Å²) in [6.07, 6.45) is -0.584. The summed E-state index contributed by atoms with van der Waals surface area (Å²) in [5.41, 5.74) is 0. The summed E-state index contributed by atoms with van der Waals surface area (Å²) in [7, 11) is -4.40. The third-order valence-electron chi connectivity index (χ3n) is 2.26. The van der Waals surface area contributed by atoms with Crippen molar-refractivity contribution in [1.29, 1.82) is 0 Å². The topological polar surface area (TPSA) is 124 Å². The largest absolute Gasteiger partial charge is 0.480 e. The fraction of sp³-hybridized carbons (Fsp3) is 0.714. The minimum Gasteiger partial charge on any atom is -0.480 e. The van der Waals surface area contributed by atoms with Crippen molar-refractivity contribution in [3.05, 3.63) is 0 Å². The Balaban J connectivity index is 2.67. The molecule has 0 aromatic rings. The maximum absolute atomic E-state index is 11.4. The lowest BCUT2D eigenvalue weighted by atomic mass is 9.97. The number of carbonyl (C=O) groups is 2. The van der Waals surface area contributed by atoms with Gasteiger partial charge in [-0.2, -0.15) is 0 Å². The van der Waals surface area contributed by atoms with Crippen LogP contribution in [0, 0.1) is 5.92 Å². The number of ketones is 1. The Kier molecular flexibility index (Phi) is 3.62. The van der Waals surface area contributed by atoms with E-state index in [0.717, 1.165) is 0 Å². The SMILES string of the molecule is O=C(CP(=O)(O)O)[C@H]1CCN[C@@H]1C(=O)O. The van der Waals surface area contributed by atoms with Crippen LogP contribution in [0.4, 0.5) is 0 Å². The van der Waals surface area contributed by atoms with Gasteiger partial charge in [-0.1, -0.05) is 0 Å². The van der Waals surface area contributed by atoms with Crippen molar-refractivity contribution in [2.75, 3.05) is 12.7 Å². The van der Waals surface area contributed by atoms with Gasteiger partial charge in [-0.25, -0.2) is 0 Å². The average molecular weight is 237 g/mol. The maximum atomic E-state index is 11.4. The van der Waals surface area contributed by atoms with Crippen LogP contribution in [-0.4, -0.2) is 45.4 Å². The van der Waals surface area contributed by atoms with Gasteiger partial charge < -0.3 is 20.2 Å². The van der Waals surface area contributed by atoms with Crippen molar-refractivity contribution in [2.45, 2.75) is 12.5 Å². The molecule has 1 fully saturated rings. The molecule has 8 heteroatoms. The predicted octanol–water partition coefficient (Wildman–Crippen LogP) is -1.20. The van der Waals surface area contributed by atoms with Crippen LogP contribution >= 0.6 is 7.60 Å². The first-order valence-corrected chi connectivity index (χ1v) is 6.14. The molecular formula is C7H12NO6P. The minimum atomic E-state index is -4.40. The van der Waals surface area contributed by atoms with Gasteiger partial charge in [-0.05, 0) is 13.0 Å². The molecule has 7 nitrogen and oxygen atoms in total. The summed E-state index contributed by atoms with van der Waals surface area (Å²) >= 11 is 0. The van der Waals surface area contributed by atoms with Crippen LogP contribution in [0.25, 0.3) is 0 Å². The van der Waals surface area contributed by atoms with Crippen LogP contribution in [0.2, 0.25) is 0 Å². The highest BCUT2D eigenvalue weighted by atomic mass is 31.2. The fourth-order valence-corrected chi connectivity index (χ4v) is 2.27. The zero-order valence-corrected chi connectivity index (χ0v) is 8.68. The van der Waals surface area contributed by atoms with Gasteiger partial charge in [-0.15, -0.1) is 0 Å². The first-order valence-electron chi connectivity index (χ1n) is 4.35. The number of Topliss-reactive ketones (excluding diaryl/α,β-unsaturated/α-hetero) is 1. The number of hydrogen-bond donors (Lipinski definition) is 4. The molecule has 86 valence electrons. The van der Waals surface area contributed by atoms with Crippen molar-refractivity contribution >= 4 is 19.3 Å². The number of carboxylic acids is 1. The van der Waals surface area contributed by atoms with Gasteiger partial charge in [-0.3, -0.25) is 14.2 Å². The van der Waals surface area contributed by atoms with Crippen LogP contribution < -0.4 is 5.32 Å². The summed E-state index contributed by atoms with van der Waals surface area (Å²) < 4.78 is 10.6. The first kappa shape index (κ1) is 12.3. The van der Waals surface area contributed by atoms with E-state index in [0.29, 0.717) is 13.0 Å². The van der Waals surface area contributed by atoms with E-state index in [1.807, 2.05) is 0 Å². The highest BCUT2D eigenvalue weighted by molar-refractivity contribution is 7.52. The Morgan fingerprint density at radius 1 is 1.40 bits per heavy atom. The van der Waals surface area contributed by atoms with Gasteiger partial charge in [0.15, 0.2) is 0 Å². The van der Waals surface area contributed by atoms with E-state index in [4.69, 9.17) is 14.9 Å². The van der Waals surface area contributed by atoms with Gasteiger partial charge in [0.1, 0.15) is 18.0 Å². The maximum Gasteiger partial charge on any atom is 0.332 e. The smallest absolute Gasteiger partial charge is 0.332 e. The van der Waals surface area contributed by atoms with Crippen molar-refractivity contribution < 1.29 is 29.0 Å². The van der Waals surface area contributed by atoms with Crippen LogP contribution in [-0.2, 0) is 14.2 Å². The van der Waals surface area contributed by atoms with Crippen LogP contribution in [0.1, 0.15) is 6.42 Å². The van der Waals surface area contributed by atoms with E-state index in [1.54, 1.807) is 0 Å². The van der Waals surface area contributed by atoms with E-state index in [9.17, 15) is 14.2 Å². The van der Waals surface area contributed by atoms with Crippen LogP contribution in [0.5, 0.6) is 0 Å². The minimum absolute atomic E-state index is 0.301. The number of aliphatic carboxylic acids is 1. The zero-order valence-electron chi connectivity index (χ0n) is 7.79. The molecule has 0 unspecified atom stereocenters. The van der Waals surface area contributed by atoms with E-state index < -0.39 is 37.5 Å².